The molecule has 1 aromatic heterocycles. The van der Waals surface area contributed by atoms with Crippen molar-refractivity contribution in [3.05, 3.63) is 36.2 Å². The molecule has 0 saturated heterocycles. The summed E-state index contributed by atoms with van der Waals surface area (Å²) in [7, 11) is 0. The van der Waals surface area contributed by atoms with Crippen LogP contribution in [0.2, 0.25) is 0 Å². The van der Waals surface area contributed by atoms with Crippen LogP contribution in [0.3, 0.4) is 0 Å². The largest absolute Gasteiger partial charge is 0.382 e. The van der Waals surface area contributed by atoms with E-state index in [9.17, 15) is 0 Å². The van der Waals surface area contributed by atoms with Crippen LogP contribution in [0.25, 0.3) is 5.70 Å². The standard InChI is InChI=1S/C11H14N2/c1-8-3-4-10(7-12-8)9(2)13-11-5-6-11/h3-4,7,11,13H,2,5-6H2,1H3. The Balaban J connectivity index is 2.05. The zero-order chi connectivity index (χ0) is 9.26. The molecule has 13 heavy (non-hydrogen) atoms. The van der Waals surface area contributed by atoms with Crippen molar-refractivity contribution in [2.45, 2.75) is 25.8 Å². The summed E-state index contributed by atoms with van der Waals surface area (Å²) >= 11 is 0. The van der Waals surface area contributed by atoms with E-state index in [0.29, 0.717) is 6.04 Å². The summed E-state index contributed by atoms with van der Waals surface area (Å²) in [6, 6.07) is 4.73. The number of hydrogen-bond donors (Lipinski definition) is 1. The van der Waals surface area contributed by atoms with E-state index in [1.807, 2.05) is 19.2 Å². The molecule has 0 aromatic carbocycles. The number of pyridine rings is 1. The van der Waals surface area contributed by atoms with Crippen molar-refractivity contribution in [1.82, 2.24) is 10.3 Å². The first-order valence-corrected chi connectivity index (χ1v) is 4.64. The van der Waals surface area contributed by atoms with Crippen molar-refractivity contribution in [3.63, 3.8) is 0 Å². The first-order valence-electron chi connectivity index (χ1n) is 4.64. The van der Waals surface area contributed by atoms with Gasteiger partial charge in [0.2, 0.25) is 0 Å². The van der Waals surface area contributed by atoms with Gasteiger partial charge in [-0.25, -0.2) is 0 Å². The average molecular weight is 174 g/mol. The van der Waals surface area contributed by atoms with Gasteiger partial charge in [0.25, 0.3) is 0 Å². The molecule has 0 unspecified atom stereocenters. The van der Waals surface area contributed by atoms with E-state index in [1.54, 1.807) is 0 Å². The molecule has 0 spiro atoms. The molecule has 1 N–H and O–H groups in total. The highest BCUT2D eigenvalue weighted by Gasteiger charge is 2.21. The lowest BCUT2D eigenvalue weighted by Crippen LogP contribution is -2.13. The molecule has 2 heteroatoms. The van der Waals surface area contributed by atoms with Crippen LogP contribution in [0.1, 0.15) is 24.1 Å². The van der Waals surface area contributed by atoms with Gasteiger partial charge in [0.1, 0.15) is 0 Å². The summed E-state index contributed by atoms with van der Waals surface area (Å²) in [6.07, 6.45) is 4.42. The zero-order valence-electron chi connectivity index (χ0n) is 7.88. The van der Waals surface area contributed by atoms with Gasteiger partial charge in [-0.15, -0.1) is 0 Å². The molecule has 1 aromatic rings. The SMILES string of the molecule is C=C(NC1CC1)c1ccc(C)nc1. The minimum Gasteiger partial charge on any atom is -0.382 e. The molecule has 2 nitrogen and oxygen atoms in total. The highest BCUT2D eigenvalue weighted by molar-refractivity contribution is 5.61. The second kappa shape index (κ2) is 3.21. The van der Waals surface area contributed by atoms with Gasteiger partial charge in [-0.3, -0.25) is 4.98 Å². The normalized spacial score (nSPS) is 15.5. The maximum atomic E-state index is 4.23. The fraction of sp³-hybridized carbons (Fsp3) is 0.364. The van der Waals surface area contributed by atoms with Crippen molar-refractivity contribution in [2.24, 2.45) is 0 Å². The summed E-state index contributed by atoms with van der Waals surface area (Å²) in [5.74, 6) is 0. The third kappa shape index (κ3) is 2.08. The topological polar surface area (TPSA) is 24.9 Å². The van der Waals surface area contributed by atoms with Gasteiger partial charge in [-0.1, -0.05) is 6.58 Å². The number of aromatic nitrogens is 1. The molecule has 1 saturated carbocycles. The number of hydrogen-bond acceptors (Lipinski definition) is 2. The molecule has 1 aliphatic carbocycles. The maximum Gasteiger partial charge on any atom is 0.0373 e. The summed E-state index contributed by atoms with van der Waals surface area (Å²) in [4.78, 5) is 4.23. The quantitative estimate of drug-likeness (QED) is 0.759. The van der Waals surface area contributed by atoms with Gasteiger partial charge in [-0.05, 0) is 31.9 Å². The predicted molar refractivity (Wildman–Crippen MR) is 54.2 cm³/mol. The average Bonchev–Trinajstić information content (AvgIpc) is 2.89. The molecule has 1 fully saturated rings. The van der Waals surface area contributed by atoms with E-state index < -0.39 is 0 Å². The third-order valence-corrected chi connectivity index (χ3v) is 2.22. The lowest BCUT2D eigenvalue weighted by molar-refractivity contribution is 0.883. The smallest absolute Gasteiger partial charge is 0.0373 e. The number of aryl methyl sites for hydroxylation is 1. The number of nitrogens with one attached hydrogen (secondary N) is 1. The lowest BCUT2D eigenvalue weighted by Gasteiger charge is -2.07. The van der Waals surface area contributed by atoms with Gasteiger partial charge in [0.05, 0.1) is 0 Å². The fourth-order valence-electron chi connectivity index (χ4n) is 1.20. The molecule has 0 atom stereocenters. The van der Waals surface area contributed by atoms with Gasteiger partial charge >= 0.3 is 0 Å². The van der Waals surface area contributed by atoms with Crippen LogP contribution in [-0.2, 0) is 0 Å². The highest BCUT2D eigenvalue weighted by atomic mass is 15.0. The Morgan fingerprint density at radius 3 is 2.85 bits per heavy atom. The second-order valence-electron chi connectivity index (χ2n) is 3.59. The van der Waals surface area contributed by atoms with Crippen molar-refractivity contribution in [1.29, 1.82) is 0 Å². The van der Waals surface area contributed by atoms with E-state index in [2.05, 4.69) is 22.9 Å². The first-order chi connectivity index (χ1) is 6.25. The van der Waals surface area contributed by atoms with E-state index in [1.165, 1.54) is 12.8 Å². The van der Waals surface area contributed by atoms with Gasteiger partial charge in [0, 0.05) is 29.2 Å². The second-order valence-corrected chi connectivity index (χ2v) is 3.59. The van der Waals surface area contributed by atoms with Crippen LogP contribution in [-0.4, -0.2) is 11.0 Å². The monoisotopic (exact) mass is 174 g/mol. The molecule has 0 radical (unpaired) electrons. The number of nitrogens with zero attached hydrogens (tertiary/aromatic N) is 1. The van der Waals surface area contributed by atoms with E-state index in [-0.39, 0.29) is 0 Å². The van der Waals surface area contributed by atoms with E-state index in [0.717, 1.165) is 17.0 Å². The van der Waals surface area contributed by atoms with Crippen molar-refractivity contribution in [3.8, 4) is 0 Å². The Hall–Kier alpha value is -1.31. The third-order valence-electron chi connectivity index (χ3n) is 2.22. The zero-order valence-corrected chi connectivity index (χ0v) is 7.88. The Kier molecular flexibility index (Phi) is 2.05. The van der Waals surface area contributed by atoms with Crippen LogP contribution < -0.4 is 5.32 Å². The fourth-order valence-corrected chi connectivity index (χ4v) is 1.20. The van der Waals surface area contributed by atoms with Gasteiger partial charge in [0.15, 0.2) is 0 Å². The summed E-state index contributed by atoms with van der Waals surface area (Å²) in [5.41, 5.74) is 3.13. The summed E-state index contributed by atoms with van der Waals surface area (Å²) in [6.45, 7) is 5.97. The van der Waals surface area contributed by atoms with Crippen LogP contribution in [0, 0.1) is 6.92 Å². The Morgan fingerprint density at radius 2 is 2.31 bits per heavy atom. The van der Waals surface area contributed by atoms with E-state index >= 15 is 0 Å². The lowest BCUT2D eigenvalue weighted by atomic mass is 10.2. The summed E-state index contributed by atoms with van der Waals surface area (Å²) in [5, 5.41) is 3.36. The molecule has 0 aliphatic heterocycles. The molecule has 2 rings (SSSR count). The van der Waals surface area contributed by atoms with Crippen LogP contribution in [0.5, 0.6) is 0 Å². The van der Waals surface area contributed by atoms with Crippen molar-refractivity contribution in [2.75, 3.05) is 0 Å². The van der Waals surface area contributed by atoms with Crippen molar-refractivity contribution < 1.29 is 0 Å². The highest BCUT2D eigenvalue weighted by Crippen LogP contribution is 2.22. The molecule has 1 aliphatic rings. The molecular weight excluding hydrogens is 160 g/mol. The minimum atomic E-state index is 0.661. The number of rotatable bonds is 3. The maximum absolute atomic E-state index is 4.23. The summed E-state index contributed by atoms with van der Waals surface area (Å²) < 4.78 is 0. The van der Waals surface area contributed by atoms with Crippen LogP contribution in [0.15, 0.2) is 24.9 Å². The molecule has 68 valence electrons. The molecule has 1 heterocycles. The Morgan fingerprint density at radius 1 is 1.54 bits per heavy atom. The minimum absolute atomic E-state index is 0.661. The first kappa shape index (κ1) is 8.30. The molecular formula is C11H14N2. The predicted octanol–water partition coefficient (Wildman–Crippen LogP) is 2.11. The Labute approximate surface area is 78.7 Å². The van der Waals surface area contributed by atoms with E-state index in [4.69, 9.17) is 0 Å². The molecule has 0 amide bonds. The van der Waals surface area contributed by atoms with Crippen LogP contribution in [0.4, 0.5) is 0 Å². The van der Waals surface area contributed by atoms with Crippen molar-refractivity contribution >= 4 is 5.70 Å². The van der Waals surface area contributed by atoms with Crippen LogP contribution >= 0.6 is 0 Å². The Bertz CT molecular complexity index is 309. The van der Waals surface area contributed by atoms with Gasteiger partial charge in [-0.2, -0.15) is 0 Å². The molecule has 0 bridgehead atoms. The van der Waals surface area contributed by atoms with Gasteiger partial charge < -0.3 is 5.32 Å².